The highest BCUT2D eigenvalue weighted by Gasteiger charge is 2.03. The van der Waals surface area contributed by atoms with Gasteiger partial charge in [0, 0.05) is 17.8 Å². The molecule has 0 amide bonds. The Morgan fingerprint density at radius 3 is 2.67 bits per heavy atom. The molecule has 0 aromatic heterocycles. The summed E-state index contributed by atoms with van der Waals surface area (Å²) in [6.07, 6.45) is 1.80. The lowest BCUT2D eigenvalue weighted by molar-refractivity contribution is 0.407. The molecular formula is C5H13NO4S2. The van der Waals surface area contributed by atoms with Gasteiger partial charge in [-0.3, -0.25) is 4.55 Å². The number of rotatable bonds is 7. The molecule has 12 heavy (non-hydrogen) atoms. The summed E-state index contributed by atoms with van der Waals surface area (Å²) < 4.78 is 32.2. The van der Waals surface area contributed by atoms with E-state index in [4.69, 9.17) is 4.55 Å². The van der Waals surface area contributed by atoms with Gasteiger partial charge in [-0.25, -0.2) is 0 Å². The van der Waals surface area contributed by atoms with Crippen LogP contribution in [-0.4, -0.2) is 32.3 Å². The molecule has 0 rings (SSSR count). The van der Waals surface area contributed by atoms with Gasteiger partial charge in [0.15, 0.2) is 0 Å². The van der Waals surface area contributed by atoms with E-state index in [0.29, 0.717) is 5.75 Å². The fraction of sp³-hybridized carbons (Fsp3) is 1.00. The first-order valence-electron chi connectivity index (χ1n) is 3.49. The normalized spacial score (nSPS) is 11.8. The zero-order valence-electron chi connectivity index (χ0n) is 6.82. The Hall–Kier alpha value is 0.180. The van der Waals surface area contributed by atoms with E-state index >= 15 is 0 Å². The third-order valence-corrected chi connectivity index (χ3v) is 2.57. The van der Waals surface area contributed by atoms with Gasteiger partial charge >= 0.3 is 10.4 Å². The van der Waals surface area contributed by atoms with Crippen LogP contribution in [0.3, 0.4) is 0 Å². The second kappa shape index (κ2) is 6.67. The van der Waals surface area contributed by atoms with E-state index in [1.54, 1.807) is 0 Å². The smallest absolute Gasteiger partial charge is 0.320 e. The van der Waals surface area contributed by atoms with Crippen molar-refractivity contribution in [1.82, 2.24) is 5.32 Å². The molecule has 0 fully saturated rings. The highest BCUT2D eigenvalue weighted by Crippen LogP contribution is 2.08. The predicted octanol–water partition coefficient (Wildman–Crippen LogP) is 0.454. The van der Waals surface area contributed by atoms with Crippen LogP contribution in [0.1, 0.15) is 12.8 Å². The largest absolute Gasteiger partial charge is 0.408 e. The minimum absolute atomic E-state index is 0.557. The van der Waals surface area contributed by atoms with E-state index in [1.165, 1.54) is 0 Å². The monoisotopic (exact) mass is 215 g/mol. The molecule has 0 spiro atoms. The molecule has 0 saturated carbocycles. The van der Waals surface area contributed by atoms with E-state index in [9.17, 15) is 8.42 Å². The third kappa shape index (κ3) is 10.2. The Labute approximate surface area is 77.0 Å². The molecule has 7 heteroatoms. The minimum atomic E-state index is -4.27. The second-order valence-electron chi connectivity index (χ2n) is 2.13. The highest BCUT2D eigenvalue weighted by atomic mass is 32.3. The maximum Gasteiger partial charge on any atom is 0.408 e. The molecule has 5 nitrogen and oxygen atoms in total. The van der Waals surface area contributed by atoms with E-state index < -0.39 is 10.4 Å². The first kappa shape index (κ1) is 12.2. The Balaban J connectivity index is 3.12. The van der Waals surface area contributed by atoms with E-state index in [0.717, 1.165) is 31.4 Å². The van der Waals surface area contributed by atoms with Crippen molar-refractivity contribution in [3.05, 3.63) is 0 Å². The summed E-state index contributed by atoms with van der Waals surface area (Å²) >= 11 is 0.745. The van der Waals surface area contributed by atoms with Gasteiger partial charge in [-0.05, 0) is 26.4 Å². The number of unbranched alkanes of at least 4 members (excludes halogenated alkanes) is 1. The standard InChI is InChI=1S/C5H13NO4S2/c1-6-4-2-3-5-11-10-12(7,8)9/h6H,2-5H2,1H3,(H,7,8,9). The Morgan fingerprint density at radius 2 is 2.17 bits per heavy atom. The topological polar surface area (TPSA) is 75.6 Å². The van der Waals surface area contributed by atoms with Crippen LogP contribution in [0.2, 0.25) is 0 Å². The lowest BCUT2D eigenvalue weighted by Gasteiger charge is -1.98. The van der Waals surface area contributed by atoms with Gasteiger partial charge in [-0.15, -0.1) is 0 Å². The van der Waals surface area contributed by atoms with E-state index in [1.807, 2.05) is 7.05 Å². The predicted molar refractivity (Wildman–Crippen MR) is 48.3 cm³/mol. The first-order chi connectivity index (χ1) is 5.56. The molecule has 0 aromatic rings. The lowest BCUT2D eigenvalue weighted by Crippen LogP contribution is -2.07. The van der Waals surface area contributed by atoms with Gasteiger partial charge in [0.2, 0.25) is 0 Å². The quantitative estimate of drug-likeness (QED) is 0.365. The van der Waals surface area contributed by atoms with Gasteiger partial charge in [0.25, 0.3) is 0 Å². The molecule has 0 aliphatic rings. The van der Waals surface area contributed by atoms with Gasteiger partial charge in [-0.1, -0.05) is 0 Å². The number of hydrogen-bond acceptors (Lipinski definition) is 5. The Bertz CT molecular complexity index is 192. The molecule has 0 aromatic carbocycles. The molecule has 0 aliphatic heterocycles. The molecule has 74 valence electrons. The molecule has 0 bridgehead atoms. The van der Waals surface area contributed by atoms with Crippen LogP contribution < -0.4 is 5.32 Å². The number of nitrogens with one attached hydrogen (secondary N) is 1. The molecule has 0 unspecified atom stereocenters. The van der Waals surface area contributed by atoms with E-state index in [2.05, 4.69) is 8.95 Å². The first-order valence-corrected chi connectivity index (χ1v) is 5.77. The summed E-state index contributed by atoms with van der Waals surface area (Å²) in [5, 5.41) is 2.96. The van der Waals surface area contributed by atoms with Crippen LogP contribution in [0.25, 0.3) is 0 Å². The fourth-order valence-electron chi connectivity index (χ4n) is 0.558. The third-order valence-electron chi connectivity index (χ3n) is 1.04. The van der Waals surface area contributed by atoms with Gasteiger partial charge < -0.3 is 5.32 Å². The molecule has 0 radical (unpaired) electrons. The highest BCUT2D eigenvalue weighted by molar-refractivity contribution is 8.02. The summed E-state index contributed by atoms with van der Waals surface area (Å²) in [5.74, 6) is 0.557. The van der Waals surface area contributed by atoms with Crippen molar-refractivity contribution in [2.24, 2.45) is 0 Å². The fourth-order valence-corrected chi connectivity index (χ4v) is 1.64. The Kier molecular flexibility index (Phi) is 6.77. The second-order valence-corrected chi connectivity index (χ2v) is 4.17. The summed E-state index contributed by atoms with van der Waals surface area (Å²) in [7, 11) is -2.42. The van der Waals surface area contributed by atoms with Crippen LogP contribution in [0.15, 0.2) is 0 Å². The van der Waals surface area contributed by atoms with Crippen molar-refractivity contribution in [2.45, 2.75) is 12.8 Å². The summed E-state index contributed by atoms with van der Waals surface area (Å²) in [6.45, 7) is 0.895. The van der Waals surface area contributed by atoms with Crippen LogP contribution in [0.4, 0.5) is 0 Å². The van der Waals surface area contributed by atoms with Crippen molar-refractivity contribution in [2.75, 3.05) is 19.3 Å². The molecule has 2 N–H and O–H groups in total. The minimum Gasteiger partial charge on any atom is -0.320 e. The lowest BCUT2D eigenvalue weighted by atomic mass is 10.3. The van der Waals surface area contributed by atoms with Gasteiger partial charge in [-0.2, -0.15) is 12.0 Å². The van der Waals surface area contributed by atoms with E-state index in [-0.39, 0.29) is 0 Å². The summed E-state index contributed by atoms with van der Waals surface area (Å²) in [5.41, 5.74) is 0. The van der Waals surface area contributed by atoms with Gasteiger partial charge in [0.05, 0.1) is 0 Å². The average Bonchev–Trinajstić information content (AvgIpc) is 1.94. The van der Waals surface area contributed by atoms with Crippen molar-refractivity contribution in [3.63, 3.8) is 0 Å². The maximum atomic E-state index is 10.0. The summed E-state index contributed by atoms with van der Waals surface area (Å²) in [6, 6.07) is 0. The van der Waals surface area contributed by atoms with Crippen molar-refractivity contribution in [3.8, 4) is 0 Å². The molecule has 0 aliphatic carbocycles. The molecule has 0 heterocycles. The van der Waals surface area contributed by atoms with Crippen LogP contribution in [-0.2, 0) is 14.0 Å². The maximum absolute atomic E-state index is 10.0. The van der Waals surface area contributed by atoms with Crippen molar-refractivity contribution in [1.29, 1.82) is 0 Å². The van der Waals surface area contributed by atoms with Crippen LogP contribution in [0, 0.1) is 0 Å². The zero-order chi connectivity index (χ0) is 9.45. The zero-order valence-corrected chi connectivity index (χ0v) is 8.45. The van der Waals surface area contributed by atoms with Crippen molar-refractivity contribution >= 4 is 22.4 Å². The van der Waals surface area contributed by atoms with Gasteiger partial charge in [0.1, 0.15) is 0 Å². The molecular weight excluding hydrogens is 202 g/mol. The number of hydrogen-bond donors (Lipinski definition) is 2. The molecule has 0 atom stereocenters. The van der Waals surface area contributed by atoms with Crippen molar-refractivity contribution < 1.29 is 16.6 Å². The van der Waals surface area contributed by atoms with Crippen LogP contribution >= 0.6 is 12.0 Å². The molecule has 0 saturated heterocycles. The van der Waals surface area contributed by atoms with Crippen LogP contribution in [0.5, 0.6) is 0 Å². The SMILES string of the molecule is CNCCCCSOS(=O)(=O)O. The summed E-state index contributed by atoms with van der Waals surface area (Å²) in [4.78, 5) is 0. The average molecular weight is 215 g/mol. The Morgan fingerprint density at radius 1 is 1.50 bits per heavy atom.